The molecule has 1 atom stereocenters. The first-order chi connectivity index (χ1) is 12.3. The Morgan fingerprint density at radius 2 is 2.15 bits per heavy atom. The largest absolute Gasteiger partial charge is 0.416 e. The summed E-state index contributed by atoms with van der Waals surface area (Å²) in [6.45, 7) is 2.69. The lowest BCUT2D eigenvalue weighted by atomic mass is 10.00. The summed E-state index contributed by atoms with van der Waals surface area (Å²) in [6.07, 6.45) is 0.663. The lowest BCUT2D eigenvalue weighted by molar-refractivity contribution is -0.137. The average Bonchev–Trinajstić information content (AvgIpc) is 2.61. The van der Waals surface area contributed by atoms with Crippen LogP contribution in [0.4, 0.5) is 18.9 Å². The van der Waals surface area contributed by atoms with Crippen LogP contribution in [0.3, 0.4) is 0 Å². The molecule has 140 valence electrons. The van der Waals surface area contributed by atoms with Gasteiger partial charge in [-0.15, -0.1) is 0 Å². The molecule has 1 N–H and O–H groups in total. The molecule has 8 heteroatoms. The molecule has 2 aliphatic rings. The molecule has 0 spiro atoms. The third-order valence-electron chi connectivity index (χ3n) is 4.63. The highest BCUT2D eigenvalue weighted by atomic mass is 32.2. The maximum atomic E-state index is 12.8. The molecular formula is C18H19F3N2O2S. The fraction of sp³-hybridized carbons (Fsp3) is 0.444. The third kappa shape index (κ3) is 3.90. The number of anilines is 1. The number of benzene rings is 1. The van der Waals surface area contributed by atoms with E-state index in [1.807, 2.05) is 6.92 Å². The van der Waals surface area contributed by atoms with Gasteiger partial charge in [0.05, 0.1) is 16.2 Å². The molecule has 4 nitrogen and oxygen atoms in total. The summed E-state index contributed by atoms with van der Waals surface area (Å²) in [5.41, 5.74) is -0.705. The maximum absolute atomic E-state index is 12.8. The zero-order valence-electron chi connectivity index (χ0n) is 14.2. The SMILES string of the molecule is CC[C@@H]1CCCCN1C(=O)/C=C1/Sc2ccc(C(F)(F)F)cc2NC1=O. The van der Waals surface area contributed by atoms with Gasteiger partial charge in [0.25, 0.3) is 5.91 Å². The Labute approximate surface area is 153 Å². The predicted octanol–water partition coefficient (Wildman–Crippen LogP) is 4.42. The van der Waals surface area contributed by atoms with Crippen LogP contribution >= 0.6 is 11.8 Å². The first kappa shape index (κ1) is 18.8. The van der Waals surface area contributed by atoms with Crippen LogP contribution in [0.25, 0.3) is 0 Å². The fourth-order valence-corrected chi connectivity index (χ4v) is 4.14. The number of nitrogens with zero attached hydrogens (tertiary/aromatic N) is 1. The van der Waals surface area contributed by atoms with Gasteiger partial charge in [0.15, 0.2) is 0 Å². The number of nitrogens with one attached hydrogen (secondary N) is 1. The molecule has 0 radical (unpaired) electrons. The monoisotopic (exact) mass is 384 g/mol. The molecule has 0 aliphatic carbocycles. The van der Waals surface area contributed by atoms with E-state index in [0.717, 1.165) is 49.6 Å². The zero-order chi connectivity index (χ0) is 18.9. The molecule has 2 amide bonds. The van der Waals surface area contributed by atoms with Crippen molar-refractivity contribution in [2.24, 2.45) is 0 Å². The van der Waals surface area contributed by atoms with Crippen LogP contribution in [0.15, 0.2) is 34.1 Å². The van der Waals surface area contributed by atoms with E-state index in [9.17, 15) is 22.8 Å². The van der Waals surface area contributed by atoms with Crippen molar-refractivity contribution >= 4 is 29.3 Å². The second-order valence-electron chi connectivity index (χ2n) is 6.36. The quantitative estimate of drug-likeness (QED) is 0.768. The number of carbonyl (C=O) groups excluding carboxylic acids is 2. The maximum Gasteiger partial charge on any atom is 0.416 e. The topological polar surface area (TPSA) is 49.4 Å². The van der Waals surface area contributed by atoms with Crippen LogP contribution in [0, 0.1) is 0 Å². The smallest absolute Gasteiger partial charge is 0.336 e. The molecule has 1 fully saturated rings. The van der Waals surface area contributed by atoms with E-state index < -0.39 is 17.6 Å². The zero-order valence-corrected chi connectivity index (χ0v) is 15.0. The van der Waals surface area contributed by atoms with Crippen molar-refractivity contribution < 1.29 is 22.8 Å². The number of hydrogen-bond acceptors (Lipinski definition) is 3. The second kappa shape index (κ2) is 7.34. The minimum absolute atomic E-state index is 0.115. The minimum atomic E-state index is -4.47. The summed E-state index contributed by atoms with van der Waals surface area (Å²) in [4.78, 5) is 27.3. The van der Waals surface area contributed by atoms with Gasteiger partial charge < -0.3 is 10.2 Å². The second-order valence-corrected chi connectivity index (χ2v) is 7.45. The number of amides is 2. The normalized spacial score (nSPS) is 22.2. The number of piperidine rings is 1. The van der Waals surface area contributed by atoms with Crippen molar-refractivity contribution in [3.05, 3.63) is 34.7 Å². The van der Waals surface area contributed by atoms with Crippen molar-refractivity contribution in [2.45, 2.75) is 49.7 Å². The number of likely N-dealkylation sites (tertiary alicyclic amines) is 1. The number of thioether (sulfide) groups is 1. The van der Waals surface area contributed by atoms with Gasteiger partial charge in [-0.05, 0) is 43.9 Å². The molecule has 1 aromatic rings. The van der Waals surface area contributed by atoms with Crippen LogP contribution in [-0.2, 0) is 15.8 Å². The highest BCUT2D eigenvalue weighted by molar-refractivity contribution is 8.04. The van der Waals surface area contributed by atoms with Gasteiger partial charge in [0.1, 0.15) is 0 Å². The molecule has 1 saturated heterocycles. The third-order valence-corrected chi connectivity index (χ3v) is 5.73. The molecule has 0 saturated carbocycles. The van der Waals surface area contributed by atoms with E-state index in [0.29, 0.717) is 11.4 Å². The molecule has 26 heavy (non-hydrogen) atoms. The van der Waals surface area contributed by atoms with Gasteiger partial charge >= 0.3 is 6.18 Å². The summed E-state index contributed by atoms with van der Waals surface area (Å²) < 4.78 is 38.4. The van der Waals surface area contributed by atoms with Gasteiger partial charge in [-0.1, -0.05) is 18.7 Å². The van der Waals surface area contributed by atoms with Crippen LogP contribution in [-0.4, -0.2) is 29.3 Å². The molecule has 2 aliphatic heterocycles. The van der Waals surface area contributed by atoms with E-state index in [4.69, 9.17) is 0 Å². The Morgan fingerprint density at radius 1 is 1.38 bits per heavy atom. The van der Waals surface area contributed by atoms with E-state index in [-0.39, 0.29) is 22.5 Å². The summed E-state index contributed by atoms with van der Waals surface area (Å²) in [5, 5.41) is 2.46. The number of hydrogen-bond donors (Lipinski definition) is 1. The first-order valence-corrected chi connectivity index (χ1v) is 9.34. The van der Waals surface area contributed by atoms with Crippen molar-refractivity contribution in [3.63, 3.8) is 0 Å². The van der Waals surface area contributed by atoms with E-state index in [2.05, 4.69) is 5.32 Å². The first-order valence-electron chi connectivity index (χ1n) is 8.52. The van der Waals surface area contributed by atoms with Crippen LogP contribution < -0.4 is 5.32 Å². The number of halogens is 3. The van der Waals surface area contributed by atoms with Crippen molar-refractivity contribution in [1.29, 1.82) is 0 Å². The van der Waals surface area contributed by atoms with Crippen LogP contribution in [0.5, 0.6) is 0 Å². The lowest BCUT2D eigenvalue weighted by Gasteiger charge is -2.34. The summed E-state index contributed by atoms with van der Waals surface area (Å²) >= 11 is 1.02. The summed E-state index contributed by atoms with van der Waals surface area (Å²) in [7, 11) is 0. The van der Waals surface area contributed by atoms with Gasteiger partial charge in [0.2, 0.25) is 5.91 Å². The molecule has 2 heterocycles. The van der Waals surface area contributed by atoms with E-state index in [1.54, 1.807) is 4.90 Å². The molecule has 1 aromatic carbocycles. The average molecular weight is 384 g/mol. The van der Waals surface area contributed by atoms with Crippen molar-refractivity contribution in [3.8, 4) is 0 Å². The number of rotatable bonds is 2. The van der Waals surface area contributed by atoms with E-state index >= 15 is 0 Å². The van der Waals surface area contributed by atoms with Gasteiger partial charge in [0, 0.05) is 23.6 Å². The lowest BCUT2D eigenvalue weighted by Crippen LogP contribution is -2.42. The number of fused-ring (bicyclic) bond motifs is 1. The van der Waals surface area contributed by atoms with Gasteiger partial charge in [-0.2, -0.15) is 13.2 Å². The predicted molar refractivity (Wildman–Crippen MR) is 93.7 cm³/mol. The molecule has 0 unspecified atom stereocenters. The van der Waals surface area contributed by atoms with Crippen molar-refractivity contribution in [1.82, 2.24) is 4.90 Å². The summed E-state index contributed by atoms with van der Waals surface area (Å²) in [5.74, 6) is -0.773. The Hall–Kier alpha value is -1.96. The van der Waals surface area contributed by atoms with Gasteiger partial charge in [-0.3, -0.25) is 9.59 Å². The van der Waals surface area contributed by atoms with Crippen LogP contribution in [0.1, 0.15) is 38.2 Å². The number of alkyl halides is 3. The Balaban J connectivity index is 1.81. The molecular weight excluding hydrogens is 365 g/mol. The number of carbonyl (C=O) groups is 2. The van der Waals surface area contributed by atoms with Gasteiger partial charge in [-0.25, -0.2) is 0 Å². The standard InChI is InChI=1S/C18H19F3N2O2S/c1-2-12-5-3-4-8-23(12)16(24)10-15-17(25)22-13-9-11(18(19,20)21)6-7-14(13)26-15/h6-7,9-10,12H,2-5,8H2,1H3,(H,22,25)/b15-10+/t12-/m1/s1. The van der Waals surface area contributed by atoms with Crippen LogP contribution in [0.2, 0.25) is 0 Å². The molecule has 0 aromatic heterocycles. The molecule has 3 rings (SSSR count). The highest BCUT2D eigenvalue weighted by Gasteiger charge is 2.33. The van der Waals surface area contributed by atoms with Crippen molar-refractivity contribution in [2.75, 3.05) is 11.9 Å². The Kier molecular flexibility index (Phi) is 5.32. The fourth-order valence-electron chi connectivity index (χ4n) is 3.25. The molecule has 0 bridgehead atoms. The van der Waals surface area contributed by atoms with E-state index in [1.165, 1.54) is 12.1 Å². The highest BCUT2D eigenvalue weighted by Crippen LogP contribution is 2.41. The minimum Gasteiger partial charge on any atom is -0.336 e. The Bertz CT molecular complexity index is 761. The Morgan fingerprint density at radius 3 is 2.85 bits per heavy atom. The summed E-state index contributed by atoms with van der Waals surface area (Å²) in [6, 6.07) is 3.37.